The van der Waals surface area contributed by atoms with Crippen molar-refractivity contribution >= 4 is 5.78 Å². The minimum Gasteiger partial charge on any atom is -0.311 e. The van der Waals surface area contributed by atoms with E-state index in [1.165, 1.54) is 4.90 Å². The molecule has 30 heavy (non-hydrogen) atoms. The van der Waals surface area contributed by atoms with E-state index in [0.717, 1.165) is 30.4 Å². The third kappa shape index (κ3) is 5.49. The number of hydrogen-bond donors (Lipinski definition) is 1. The Balaban J connectivity index is 1.27. The molecule has 2 atom stereocenters. The van der Waals surface area contributed by atoms with Crippen molar-refractivity contribution in [1.29, 1.82) is 0 Å². The van der Waals surface area contributed by atoms with Crippen LogP contribution < -0.4 is 5.32 Å². The van der Waals surface area contributed by atoms with Crippen LogP contribution in [0.4, 0.5) is 13.2 Å². The smallest absolute Gasteiger partial charge is 0.311 e. The topological polar surface area (TPSA) is 50.2 Å². The highest BCUT2D eigenvalue weighted by Gasteiger charge is 2.40. The summed E-state index contributed by atoms with van der Waals surface area (Å²) in [5.41, 5.74) is 2.76. The average Bonchev–Trinajstić information content (AvgIpc) is 3.34. The van der Waals surface area contributed by atoms with Crippen molar-refractivity contribution < 1.29 is 18.0 Å². The van der Waals surface area contributed by atoms with Gasteiger partial charge in [0.1, 0.15) is 0 Å². The number of carbonyl (C=O) groups is 1. The summed E-state index contributed by atoms with van der Waals surface area (Å²) in [7, 11) is 1.83. The number of aryl methyl sites for hydroxylation is 1. The quantitative estimate of drug-likeness (QED) is 0.699. The molecule has 5 nitrogen and oxygen atoms in total. The first kappa shape index (κ1) is 21.1. The summed E-state index contributed by atoms with van der Waals surface area (Å²) in [4.78, 5) is 14.1. The molecule has 1 N–H and O–H groups in total. The second-order valence-electron chi connectivity index (χ2n) is 8.53. The zero-order valence-electron chi connectivity index (χ0n) is 17.0. The molecule has 4 rings (SSSR count). The number of rotatable bonds is 7. The number of benzene rings is 1. The number of aromatic nitrogens is 2. The van der Waals surface area contributed by atoms with Crippen molar-refractivity contribution in [2.24, 2.45) is 7.05 Å². The molecule has 2 aromatic rings. The third-order valence-corrected chi connectivity index (χ3v) is 5.99. The van der Waals surface area contributed by atoms with Crippen LogP contribution >= 0.6 is 0 Å². The van der Waals surface area contributed by atoms with E-state index in [2.05, 4.69) is 16.5 Å². The van der Waals surface area contributed by atoms with Gasteiger partial charge in [0, 0.05) is 43.2 Å². The molecule has 1 aromatic heterocycles. The predicted molar refractivity (Wildman–Crippen MR) is 107 cm³/mol. The van der Waals surface area contributed by atoms with Crippen LogP contribution in [0.25, 0.3) is 0 Å². The second-order valence-corrected chi connectivity index (χ2v) is 8.53. The third-order valence-electron chi connectivity index (χ3n) is 5.99. The molecule has 162 valence electrons. The van der Waals surface area contributed by atoms with Crippen LogP contribution in [0.2, 0.25) is 0 Å². The van der Waals surface area contributed by atoms with Crippen molar-refractivity contribution in [3.8, 4) is 0 Å². The predicted octanol–water partition coefficient (Wildman–Crippen LogP) is 3.32. The van der Waals surface area contributed by atoms with E-state index < -0.39 is 12.7 Å². The number of Topliss-reactive ketones (excluding diaryl/α,β-unsaturated/α-hetero) is 1. The molecule has 1 saturated heterocycles. The molecule has 0 radical (unpaired) electrons. The number of nitrogens with zero attached hydrogens (tertiary/aromatic N) is 3. The highest BCUT2D eigenvalue weighted by Crippen LogP contribution is 2.41. The van der Waals surface area contributed by atoms with Gasteiger partial charge in [0.15, 0.2) is 5.78 Å². The number of ketones is 1. The molecular formula is C22H27F3N4O. The van der Waals surface area contributed by atoms with Gasteiger partial charge in [0.25, 0.3) is 0 Å². The Morgan fingerprint density at radius 1 is 1.27 bits per heavy atom. The lowest BCUT2D eigenvalue weighted by Crippen LogP contribution is -2.46. The molecule has 8 heteroatoms. The van der Waals surface area contributed by atoms with Gasteiger partial charge in [-0.2, -0.15) is 18.3 Å². The highest BCUT2D eigenvalue weighted by atomic mass is 19.4. The number of carbonyl (C=O) groups excluding carboxylic acids is 1. The van der Waals surface area contributed by atoms with Crippen molar-refractivity contribution in [3.63, 3.8) is 0 Å². The standard InChI is InChI=1S/C22H27F3N4O/c1-28-13-15(12-26-28)9-21(30)17-4-2-3-16(10-17)19-11-20(19)27-18-5-7-29(8-6-18)14-22(23,24)25/h2-4,10,12-13,18-20,27H,5-9,11,14H2,1H3. The van der Waals surface area contributed by atoms with Gasteiger partial charge in [-0.3, -0.25) is 14.4 Å². The van der Waals surface area contributed by atoms with E-state index in [1.54, 1.807) is 10.9 Å². The second kappa shape index (κ2) is 8.51. The van der Waals surface area contributed by atoms with Crippen molar-refractivity contribution in [1.82, 2.24) is 20.0 Å². The number of nitrogens with one attached hydrogen (secondary N) is 1. The number of alkyl halides is 3. The van der Waals surface area contributed by atoms with Crippen LogP contribution in [0.3, 0.4) is 0 Å². The molecule has 1 aliphatic carbocycles. The van der Waals surface area contributed by atoms with Gasteiger partial charge < -0.3 is 5.32 Å². The molecule has 0 amide bonds. The molecular weight excluding hydrogens is 393 g/mol. The van der Waals surface area contributed by atoms with Gasteiger partial charge in [-0.1, -0.05) is 18.2 Å². The molecule has 1 aliphatic heterocycles. The summed E-state index contributed by atoms with van der Waals surface area (Å²) in [6.45, 7) is 0.144. The summed E-state index contributed by atoms with van der Waals surface area (Å²) in [6.07, 6.45) is 2.25. The lowest BCUT2D eigenvalue weighted by molar-refractivity contribution is -0.148. The van der Waals surface area contributed by atoms with Crippen molar-refractivity contribution in [2.75, 3.05) is 19.6 Å². The number of likely N-dealkylation sites (tertiary alicyclic amines) is 1. The molecule has 2 heterocycles. The molecule has 2 aliphatic rings. The van der Waals surface area contributed by atoms with Crippen LogP contribution in [0.15, 0.2) is 36.7 Å². The fourth-order valence-electron chi connectivity index (χ4n) is 4.36. The van der Waals surface area contributed by atoms with E-state index >= 15 is 0 Å². The first-order chi connectivity index (χ1) is 14.3. The number of piperidine rings is 1. The zero-order chi connectivity index (χ0) is 21.3. The van der Waals surface area contributed by atoms with Gasteiger partial charge in [-0.25, -0.2) is 0 Å². The normalized spacial score (nSPS) is 22.9. The van der Waals surface area contributed by atoms with E-state index in [4.69, 9.17) is 0 Å². The lowest BCUT2D eigenvalue weighted by atomic mass is 10.0. The molecule has 0 spiro atoms. The van der Waals surface area contributed by atoms with Crippen LogP contribution in [-0.2, 0) is 13.5 Å². The summed E-state index contributed by atoms with van der Waals surface area (Å²) >= 11 is 0. The van der Waals surface area contributed by atoms with Crippen LogP contribution in [0.1, 0.15) is 46.7 Å². The largest absolute Gasteiger partial charge is 0.401 e. The SMILES string of the molecule is Cn1cc(CC(=O)c2cccc(C3CC3NC3CCN(CC(F)(F)F)CC3)c2)cn1. The lowest BCUT2D eigenvalue weighted by Gasteiger charge is -2.33. The molecule has 1 saturated carbocycles. The minimum absolute atomic E-state index is 0.0760. The van der Waals surface area contributed by atoms with Crippen molar-refractivity contribution in [2.45, 2.75) is 49.9 Å². The highest BCUT2D eigenvalue weighted by molar-refractivity contribution is 5.97. The Hall–Kier alpha value is -2.19. The Kier molecular flexibility index (Phi) is 5.97. The van der Waals surface area contributed by atoms with Gasteiger partial charge in [-0.15, -0.1) is 0 Å². The first-order valence-corrected chi connectivity index (χ1v) is 10.4. The van der Waals surface area contributed by atoms with Gasteiger partial charge in [-0.05, 0) is 49.5 Å². The van der Waals surface area contributed by atoms with Crippen molar-refractivity contribution in [3.05, 3.63) is 53.3 Å². The number of hydrogen-bond acceptors (Lipinski definition) is 4. The molecule has 2 fully saturated rings. The molecule has 1 aromatic carbocycles. The summed E-state index contributed by atoms with van der Waals surface area (Å²) < 4.78 is 39.3. The van der Waals surface area contributed by atoms with Crippen LogP contribution in [0, 0.1) is 0 Å². The fourth-order valence-corrected chi connectivity index (χ4v) is 4.36. The molecule has 0 bridgehead atoms. The van der Waals surface area contributed by atoms with E-state index in [9.17, 15) is 18.0 Å². The Labute approximate surface area is 174 Å². The van der Waals surface area contributed by atoms with Crippen LogP contribution in [-0.4, -0.2) is 58.4 Å². The first-order valence-electron chi connectivity index (χ1n) is 10.4. The van der Waals surface area contributed by atoms with E-state index in [0.29, 0.717) is 37.0 Å². The maximum atomic E-state index is 12.6. The summed E-state index contributed by atoms with van der Waals surface area (Å²) in [5, 5.41) is 7.72. The maximum Gasteiger partial charge on any atom is 0.401 e. The average molecular weight is 420 g/mol. The van der Waals surface area contributed by atoms with E-state index in [1.807, 2.05) is 31.4 Å². The minimum atomic E-state index is -4.12. The fraction of sp³-hybridized carbons (Fsp3) is 0.545. The van der Waals surface area contributed by atoms with Gasteiger partial charge >= 0.3 is 6.18 Å². The Bertz CT molecular complexity index is 887. The number of halogens is 3. The summed E-state index contributed by atoms with van der Waals surface area (Å²) in [6, 6.07) is 8.42. The Morgan fingerprint density at radius 3 is 2.70 bits per heavy atom. The van der Waals surface area contributed by atoms with Gasteiger partial charge in [0.2, 0.25) is 0 Å². The molecule has 2 unspecified atom stereocenters. The summed E-state index contributed by atoms with van der Waals surface area (Å²) in [5.74, 6) is 0.441. The Morgan fingerprint density at radius 2 is 2.03 bits per heavy atom. The van der Waals surface area contributed by atoms with E-state index in [-0.39, 0.29) is 11.8 Å². The zero-order valence-corrected chi connectivity index (χ0v) is 17.0. The monoisotopic (exact) mass is 420 g/mol. The maximum absolute atomic E-state index is 12.6. The van der Waals surface area contributed by atoms with Crippen LogP contribution in [0.5, 0.6) is 0 Å². The van der Waals surface area contributed by atoms with Gasteiger partial charge in [0.05, 0.1) is 12.7 Å².